The van der Waals surface area contributed by atoms with E-state index in [1.54, 1.807) is 24.3 Å². The summed E-state index contributed by atoms with van der Waals surface area (Å²) >= 11 is 1.34. The number of Topliss-reactive ketones (excluding diaryl/α,β-unsaturated/α-hetero) is 1. The Kier molecular flexibility index (Phi) is 6.91. The topological polar surface area (TPSA) is 72.0 Å². The van der Waals surface area contributed by atoms with Gasteiger partial charge in [-0.05, 0) is 56.5 Å². The fourth-order valence-corrected chi connectivity index (χ4v) is 3.17. The average Bonchev–Trinajstić information content (AvgIpc) is 2.57. The number of ketones is 1. The number of nitrogens with one attached hydrogen (secondary N) is 1. The Bertz CT molecular complexity index is 778. The number of aryl methyl sites for hydroxylation is 2. The summed E-state index contributed by atoms with van der Waals surface area (Å²) in [6.45, 7) is 9.88. The Morgan fingerprint density at radius 2 is 1.62 bits per heavy atom. The van der Waals surface area contributed by atoms with Crippen LogP contribution < -0.4 is 5.32 Å². The van der Waals surface area contributed by atoms with Gasteiger partial charge in [-0.2, -0.15) is 0 Å². The molecule has 1 aromatic carbocycles. The zero-order chi connectivity index (χ0) is 19.3. The van der Waals surface area contributed by atoms with Crippen molar-refractivity contribution in [3.05, 3.63) is 46.8 Å². The zero-order valence-electron chi connectivity index (χ0n) is 15.9. The number of hydrogen-bond donors (Lipinski definition) is 1. The summed E-state index contributed by atoms with van der Waals surface area (Å²) in [4.78, 5) is 33.0. The van der Waals surface area contributed by atoms with Crippen molar-refractivity contribution < 1.29 is 9.59 Å². The van der Waals surface area contributed by atoms with Gasteiger partial charge in [0.1, 0.15) is 0 Å². The van der Waals surface area contributed by atoms with Crippen LogP contribution in [0.5, 0.6) is 0 Å². The summed E-state index contributed by atoms with van der Waals surface area (Å²) in [6, 6.07) is 6.99. The molecule has 1 amide bonds. The van der Waals surface area contributed by atoms with Gasteiger partial charge in [0, 0.05) is 29.1 Å². The van der Waals surface area contributed by atoms with Crippen LogP contribution in [0.15, 0.2) is 29.4 Å². The molecule has 2 aromatic rings. The normalized spacial score (nSPS) is 10.8. The molecule has 0 bridgehead atoms. The third-order valence-corrected chi connectivity index (χ3v) is 4.88. The van der Waals surface area contributed by atoms with Gasteiger partial charge < -0.3 is 5.32 Å². The van der Waals surface area contributed by atoms with Crippen LogP contribution in [0, 0.1) is 26.7 Å². The SMILES string of the molecule is Cc1nc(SCC(=O)c2ccc(NC(=O)CC(C)C)cc2)nc(C)c1C. The second kappa shape index (κ2) is 8.94. The molecule has 1 aromatic heterocycles. The summed E-state index contributed by atoms with van der Waals surface area (Å²) in [7, 11) is 0. The molecule has 0 saturated carbocycles. The highest BCUT2D eigenvalue weighted by Gasteiger charge is 2.11. The van der Waals surface area contributed by atoms with E-state index in [1.165, 1.54) is 11.8 Å². The molecule has 0 saturated heterocycles. The van der Waals surface area contributed by atoms with Crippen LogP contribution in [0.3, 0.4) is 0 Å². The summed E-state index contributed by atoms with van der Waals surface area (Å²) < 4.78 is 0. The molecule has 0 aliphatic rings. The first-order chi connectivity index (χ1) is 12.3. The van der Waals surface area contributed by atoms with Crippen molar-refractivity contribution in [2.24, 2.45) is 5.92 Å². The van der Waals surface area contributed by atoms with E-state index in [4.69, 9.17) is 0 Å². The Labute approximate surface area is 159 Å². The molecule has 0 spiro atoms. The van der Waals surface area contributed by atoms with Crippen molar-refractivity contribution in [3.63, 3.8) is 0 Å². The molecular formula is C20H25N3O2S. The average molecular weight is 372 g/mol. The monoisotopic (exact) mass is 371 g/mol. The molecule has 1 N–H and O–H groups in total. The van der Waals surface area contributed by atoms with Crippen molar-refractivity contribution >= 4 is 29.1 Å². The Morgan fingerprint density at radius 3 is 2.15 bits per heavy atom. The Hall–Kier alpha value is -2.21. The molecule has 5 nitrogen and oxygen atoms in total. The van der Waals surface area contributed by atoms with Gasteiger partial charge in [0.25, 0.3) is 0 Å². The van der Waals surface area contributed by atoms with Crippen LogP contribution >= 0.6 is 11.8 Å². The molecular weight excluding hydrogens is 346 g/mol. The molecule has 26 heavy (non-hydrogen) atoms. The lowest BCUT2D eigenvalue weighted by Gasteiger charge is -2.08. The zero-order valence-corrected chi connectivity index (χ0v) is 16.7. The van der Waals surface area contributed by atoms with Crippen LogP contribution in [-0.4, -0.2) is 27.4 Å². The van der Waals surface area contributed by atoms with Crippen molar-refractivity contribution in [2.75, 3.05) is 11.1 Å². The number of hydrogen-bond acceptors (Lipinski definition) is 5. The minimum absolute atomic E-state index is 0.00883. The van der Waals surface area contributed by atoms with Gasteiger partial charge in [-0.25, -0.2) is 9.97 Å². The van der Waals surface area contributed by atoms with E-state index in [0.29, 0.717) is 28.7 Å². The van der Waals surface area contributed by atoms with Crippen molar-refractivity contribution in [1.29, 1.82) is 0 Å². The number of thioether (sulfide) groups is 1. The highest BCUT2D eigenvalue weighted by Crippen LogP contribution is 2.19. The first kappa shape index (κ1) is 20.1. The first-order valence-electron chi connectivity index (χ1n) is 8.64. The number of aromatic nitrogens is 2. The summed E-state index contributed by atoms with van der Waals surface area (Å²) in [6.07, 6.45) is 0.479. The molecule has 138 valence electrons. The molecule has 6 heteroatoms. The molecule has 2 rings (SSSR count). The number of rotatable bonds is 7. The third kappa shape index (κ3) is 5.66. The summed E-state index contributed by atoms with van der Waals surface area (Å²) in [5, 5.41) is 3.46. The van der Waals surface area contributed by atoms with Crippen LogP contribution in [-0.2, 0) is 4.79 Å². The lowest BCUT2D eigenvalue weighted by molar-refractivity contribution is -0.116. The third-order valence-electron chi connectivity index (χ3n) is 4.03. The van der Waals surface area contributed by atoms with Crippen LogP contribution in [0.25, 0.3) is 0 Å². The van der Waals surface area contributed by atoms with E-state index in [2.05, 4.69) is 15.3 Å². The molecule has 0 radical (unpaired) electrons. The smallest absolute Gasteiger partial charge is 0.224 e. The first-order valence-corrected chi connectivity index (χ1v) is 9.62. The molecule has 0 aliphatic heterocycles. The minimum Gasteiger partial charge on any atom is -0.326 e. The quantitative estimate of drug-likeness (QED) is 0.445. The van der Waals surface area contributed by atoms with Crippen molar-refractivity contribution in [1.82, 2.24) is 9.97 Å². The lowest BCUT2D eigenvalue weighted by Crippen LogP contribution is -2.14. The fourth-order valence-electron chi connectivity index (χ4n) is 2.34. The van der Waals surface area contributed by atoms with Gasteiger partial charge in [-0.15, -0.1) is 0 Å². The lowest BCUT2D eigenvalue weighted by atomic mass is 10.1. The van der Waals surface area contributed by atoms with Crippen LogP contribution in [0.2, 0.25) is 0 Å². The van der Waals surface area contributed by atoms with Gasteiger partial charge in [-0.1, -0.05) is 25.6 Å². The maximum absolute atomic E-state index is 12.4. The largest absolute Gasteiger partial charge is 0.326 e. The van der Waals surface area contributed by atoms with Crippen LogP contribution in [0.4, 0.5) is 5.69 Å². The van der Waals surface area contributed by atoms with E-state index in [0.717, 1.165) is 17.0 Å². The second-order valence-corrected chi connectivity index (χ2v) is 7.68. The second-order valence-electron chi connectivity index (χ2n) is 6.74. The number of benzene rings is 1. The number of carbonyl (C=O) groups excluding carboxylic acids is 2. The molecule has 0 aliphatic carbocycles. The summed E-state index contributed by atoms with van der Waals surface area (Å²) in [5.74, 6) is 0.580. The maximum atomic E-state index is 12.4. The summed E-state index contributed by atoms with van der Waals surface area (Å²) in [5.41, 5.74) is 4.27. The predicted molar refractivity (Wildman–Crippen MR) is 106 cm³/mol. The maximum Gasteiger partial charge on any atom is 0.224 e. The van der Waals surface area contributed by atoms with E-state index >= 15 is 0 Å². The number of amides is 1. The highest BCUT2D eigenvalue weighted by atomic mass is 32.2. The number of nitrogens with zero attached hydrogens (tertiary/aromatic N) is 2. The number of anilines is 1. The van der Waals surface area contributed by atoms with Crippen molar-refractivity contribution in [2.45, 2.75) is 46.2 Å². The molecule has 0 fully saturated rings. The van der Waals surface area contributed by atoms with E-state index in [-0.39, 0.29) is 17.4 Å². The predicted octanol–water partition coefficient (Wildman–Crippen LogP) is 4.36. The van der Waals surface area contributed by atoms with Gasteiger partial charge in [0.05, 0.1) is 5.75 Å². The van der Waals surface area contributed by atoms with E-state index < -0.39 is 0 Å². The van der Waals surface area contributed by atoms with Crippen molar-refractivity contribution in [3.8, 4) is 0 Å². The standard InChI is InChI=1S/C20H25N3O2S/c1-12(2)10-19(25)23-17-8-6-16(7-9-17)18(24)11-26-20-21-14(4)13(3)15(5)22-20/h6-9,12H,10-11H2,1-5H3,(H,23,25). The Balaban J connectivity index is 1.94. The minimum atomic E-state index is -0.0168. The van der Waals surface area contributed by atoms with Gasteiger partial charge >= 0.3 is 0 Å². The Morgan fingerprint density at radius 1 is 1.04 bits per heavy atom. The molecule has 1 heterocycles. The molecule has 0 atom stereocenters. The van der Waals surface area contributed by atoms with Gasteiger partial charge in [0.2, 0.25) is 5.91 Å². The number of carbonyl (C=O) groups is 2. The van der Waals surface area contributed by atoms with Gasteiger partial charge in [-0.3, -0.25) is 9.59 Å². The molecule has 0 unspecified atom stereocenters. The van der Waals surface area contributed by atoms with E-state index in [1.807, 2.05) is 34.6 Å². The highest BCUT2D eigenvalue weighted by molar-refractivity contribution is 7.99. The van der Waals surface area contributed by atoms with E-state index in [9.17, 15) is 9.59 Å². The van der Waals surface area contributed by atoms with Gasteiger partial charge in [0.15, 0.2) is 10.9 Å². The fraction of sp³-hybridized carbons (Fsp3) is 0.400. The van der Waals surface area contributed by atoms with Crippen LogP contribution in [0.1, 0.15) is 47.6 Å².